The van der Waals surface area contributed by atoms with E-state index >= 15 is 0 Å². The van der Waals surface area contributed by atoms with Gasteiger partial charge in [0.05, 0.1) is 22.1 Å². The van der Waals surface area contributed by atoms with Crippen LogP contribution in [0.25, 0.3) is 21.8 Å². The van der Waals surface area contributed by atoms with E-state index in [4.69, 9.17) is 0 Å². The van der Waals surface area contributed by atoms with Crippen LogP contribution >= 0.6 is 0 Å². The van der Waals surface area contributed by atoms with E-state index in [9.17, 15) is 8.78 Å². The second kappa shape index (κ2) is 5.57. The Morgan fingerprint density at radius 2 is 1.38 bits per heavy atom. The Bertz CT molecular complexity index is 1020. The van der Waals surface area contributed by atoms with Crippen LogP contribution in [-0.2, 0) is 7.05 Å². The third-order valence-corrected chi connectivity index (χ3v) is 4.26. The highest BCUT2D eigenvalue weighted by Crippen LogP contribution is 2.32. The summed E-state index contributed by atoms with van der Waals surface area (Å²) in [4.78, 5) is 0. The monoisotopic (exact) mass is 321 g/mol. The minimum absolute atomic E-state index is 0.251. The molecule has 4 aromatic rings. The zero-order valence-electron chi connectivity index (χ0n) is 13.1. The molecule has 0 amide bonds. The van der Waals surface area contributed by atoms with Gasteiger partial charge in [0.1, 0.15) is 18.7 Å². The van der Waals surface area contributed by atoms with Crippen molar-refractivity contribution < 1.29 is 13.3 Å². The van der Waals surface area contributed by atoms with E-state index in [2.05, 4.69) is 9.88 Å². The summed E-state index contributed by atoms with van der Waals surface area (Å²) in [6.45, 7) is 0. The molecule has 4 heteroatoms. The van der Waals surface area contributed by atoms with Crippen molar-refractivity contribution in [2.45, 2.75) is 0 Å². The van der Waals surface area contributed by atoms with Gasteiger partial charge in [-0.1, -0.05) is 24.3 Å². The molecule has 0 unspecified atom stereocenters. The number of para-hydroxylation sites is 2. The van der Waals surface area contributed by atoms with Crippen LogP contribution < -0.4 is 9.88 Å². The number of anilines is 2. The Morgan fingerprint density at radius 3 is 1.96 bits per heavy atom. The number of rotatable bonds is 2. The molecule has 0 spiro atoms. The number of hydrogen-bond donors (Lipinski definition) is 1. The van der Waals surface area contributed by atoms with Gasteiger partial charge >= 0.3 is 0 Å². The summed E-state index contributed by atoms with van der Waals surface area (Å²) in [7, 11) is 2.01. The largest absolute Gasteiger partial charge is 0.352 e. The Kier molecular flexibility index (Phi) is 3.38. The number of pyridine rings is 1. The van der Waals surface area contributed by atoms with Gasteiger partial charge < -0.3 is 5.32 Å². The van der Waals surface area contributed by atoms with Crippen molar-refractivity contribution in [2.75, 3.05) is 5.32 Å². The highest BCUT2D eigenvalue weighted by atomic mass is 19.1. The minimum Gasteiger partial charge on any atom is -0.352 e. The zero-order chi connectivity index (χ0) is 16.7. The molecule has 2 nitrogen and oxygen atoms in total. The fourth-order valence-electron chi connectivity index (χ4n) is 3.09. The average molecular weight is 321 g/mol. The highest BCUT2D eigenvalue weighted by Gasteiger charge is 2.18. The Morgan fingerprint density at radius 1 is 0.792 bits per heavy atom. The van der Waals surface area contributed by atoms with Crippen molar-refractivity contribution in [3.63, 3.8) is 0 Å². The summed E-state index contributed by atoms with van der Waals surface area (Å²) in [6.07, 6.45) is 0. The lowest BCUT2D eigenvalue weighted by molar-refractivity contribution is -0.617. The summed E-state index contributed by atoms with van der Waals surface area (Å²) in [5.41, 5.74) is 3.12. The quantitative estimate of drug-likeness (QED) is 0.413. The molecular formula is C20H15F2N2+. The number of aryl methyl sites for hydroxylation is 1. The summed E-state index contributed by atoms with van der Waals surface area (Å²) >= 11 is 0. The maximum absolute atomic E-state index is 14.1. The number of nitrogens with zero attached hydrogens (tertiary/aromatic N) is 1. The Balaban J connectivity index is 2.03. The fraction of sp³-hybridized carbons (Fsp3) is 0.0500. The van der Waals surface area contributed by atoms with Crippen LogP contribution in [0.5, 0.6) is 0 Å². The molecule has 1 N–H and O–H groups in total. The Labute approximate surface area is 138 Å². The predicted octanol–water partition coefficient (Wildman–Crippen LogP) is 4.84. The van der Waals surface area contributed by atoms with Crippen LogP contribution in [-0.4, -0.2) is 0 Å². The molecular weight excluding hydrogens is 306 g/mol. The maximum atomic E-state index is 14.1. The van der Waals surface area contributed by atoms with Gasteiger partial charge in [0.15, 0.2) is 0 Å². The van der Waals surface area contributed by atoms with Gasteiger partial charge in [0.25, 0.3) is 0 Å². The van der Waals surface area contributed by atoms with E-state index in [1.165, 1.54) is 12.1 Å². The summed E-state index contributed by atoms with van der Waals surface area (Å²) in [5, 5.41) is 5.11. The molecule has 0 aliphatic heterocycles. The van der Waals surface area contributed by atoms with Gasteiger partial charge in [-0.2, -0.15) is 4.57 Å². The second-order valence-electron chi connectivity index (χ2n) is 5.72. The lowest BCUT2D eigenvalue weighted by Gasteiger charge is -2.13. The van der Waals surface area contributed by atoms with Crippen LogP contribution in [0.15, 0.2) is 66.7 Å². The lowest BCUT2D eigenvalue weighted by atomic mass is 10.1. The number of hydrogen-bond acceptors (Lipinski definition) is 1. The smallest absolute Gasteiger partial charge is 0.214 e. The molecule has 4 rings (SSSR count). The number of benzene rings is 3. The minimum atomic E-state index is -0.614. The van der Waals surface area contributed by atoms with Gasteiger partial charge in [0, 0.05) is 18.2 Å². The first-order chi connectivity index (χ1) is 11.6. The molecule has 1 aromatic heterocycles. The molecule has 0 radical (unpaired) electrons. The normalized spacial score (nSPS) is 11.1. The molecule has 1 heterocycles. The number of fused-ring (bicyclic) bond motifs is 2. The van der Waals surface area contributed by atoms with Crippen molar-refractivity contribution in [3.05, 3.63) is 78.4 Å². The maximum Gasteiger partial charge on any atom is 0.214 e. The van der Waals surface area contributed by atoms with Crippen molar-refractivity contribution in [1.82, 2.24) is 0 Å². The van der Waals surface area contributed by atoms with Crippen LogP contribution in [0.4, 0.5) is 20.2 Å². The molecule has 0 fully saturated rings. The van der Waals surface area contributed by atoms with Gasteiger partial charge in [-0.05, 0) is 24.3 Å². The first-order valence-electron chi connectivity index (χ1n) is 7.67. The van der Waals surface area contributed by atoms with Gasteiger partial charge in [0.2, 0.25) is 11.0 Å². The lowest BCUT2D eigenvalue weighted by Crippen LogP contribution is -2.30. The van der Waals surface area contributed by atoms with Crippen LogP contribution in [0.1, 0.15) is 0 Å². The van der Waals surface area contributed by atoms with Gasteiger partial charge in [-0.3, -0.25) is 0 Å². The Hall–Kier alpha value is -3.01. The van der Waals surface area contributed by atoms with E-state index in [1.807, 2.05) is 55.6 Å². The number of halogens is 2. The van der Waals surface area contributed by atoms with E-state index in [-0.39, 0.29) is 5.69 Å². The fourth-order valence-corrected chi connectivity index (χ4v) is 3.09. The molecule has 118 valence electrons. The SMILES string of the molecule is C[n+]1c2ccccc2c(Nc2ccc(F)cc2F)c2ccccc21. The van der Waals surface area contributed by atoms with Crippen molar-refractivity contribution in [3.8, 4) is 0 Å². The van der Waals surface area contributed by atoms with Crippen LogP contribution in [0.2, 0.25) is 0 Å². The van der Waals surface area contributed by atoms with Gasteiger partial charge in [-0.25, -0.2) is 8.78 Å². The first-order valence-corrected chi connectivity index (χ1v) is 7.67. The van der Waals surface area contributed by atoms with E-state index in [0.29, 0.717) is 0 Å². The summed E-state index contributed by atoms with van der Waals surface area (Å²) < 4.78 is 29.4. The third kappa shape index (κ3) is 2.27. The molecule has 0 aliphatic rings. The van der Waals surface area contributed by atoms with E-state index in [1.54, 1.807) is 0 Å². The average Bonchev–Trinajstić information content (AvgIpc) is 2.60. The highest BCUT2D eigenvalue weighted by molar-refractivity contribution is 6.06. The first kappa shape index (κ1) is 14.6. The zero-order valence-corrected chi connectivity index (χ0v) is 13.1. The molecule has 0 aliphatic carbocycles. The van der Waals surface area contributed by atoms with E-state index in [0.717, 1.165) is 33.6 Å². The third-order valence-electron chi connectivity index (χ3n) is 4.26. The van der Waals surface area contributed by atoms with Crippen LogP contribution in [0, 0.1) is 11.6 Å². The number of nitrogens with one attached hydrogen (secondary N) is 1. The molecule has 0 saturated heterocycles. The number of aromatic nitrogens is 1. The van der Waals surface area contributed by atoms with E-state index < -0.39 is 11.6 Å². The molecule has 0 bridgehead atoms. The van der Waals surface area contributed by atoms with Gasteiger partial charge in [-0.15, -0.1) is 0 Å². The standard InChI is InChI=1S/C20H14F2N2/c1-24-18-8-4-2-6-14(18)20(15-7-3-5-9-19(15)24)23-17-11-10-13(21)12-16(17)22/h2-12H,1H3/p+1. The second-order valence-corrected chi connectivity index (χ2v) is 5.72. The topological polar surface area (TPSA) is 15.9 Å². The molecule has 24 heavy (non-hydrogen) atoms. The summed E-state index contributed by atoms with van der Waals surface area (Å²) in [6, 6.07) is 19.4. The van der Waals surface area contributed by atoms with Crippen molar-refractivity contribution in [2.24, 2.45) is 7.05 Å². The molecule has 3 aromatic carbocycles. The van der Waals surface area contributed by atoms with Crippen LogP contribution in [0.3, 0.4) is 0 Å². The van der Waals surface area contributed by atoms with Crippen molar-refractivity contribution in [1.29, 1.82) is 0 Å². The van der Waals surface area contributed by atoms with Crippen molar-refractivity contribution >= 4 is 33.2 Å². The molecule has 0 atom stereocenters. The molecule has 0 saturated carbocycles. The summed E-state index contributed by atoms with van der Waals surface area (Å²) in [5.74, 6) is -1.20. The predicted molar refractivity (Wildman–Crippen MR) is 92.3 cm³/mol.